The van der Waals surface area contributed by atoms with Gasteiger partial charge in [0.15, 0.2) is 10.1 Å². The van der Waals surface area contributed by atoms with E-state index in [1.807, 2.05) is 0 Å². The molecule has 3 aromatic rings. The molecule has 170 valence electrons. The molecule has 0 aromatic carbocycles. The summed E-state index contributed by atoms with van der Waals surface area (Å²) in [7, 11) is -11.4. The van der Waals surface area contributed by atoms with E-state index in [1.165, 1.54) is 18.2 Å². The van der Waals surface area contributed by atoms with E-state index in [0.29, 0.717) is 12.1 Å². The average molecular weight is 499 g/mol. The molecule has 0 fully saturated rings. The Morgan fingerprint density at radius 1 is 0.531 bits per heavy atom. The van der Waals surface area contributed by atoms with Gasteiger partial charge in [-0.3, -0.25) is 0 Å². The van der Waals surface area contributed by atoms with Crippen molar-refractivity contribution in [2.45, 2.75) is 21.1 Å². The summed E-state index contributed by atoms with van der Waals surface area (Å²) in [5, 5.41) is 10.3. The van der Waals surface area contributed by atoms with Crippen molar-refractivity contribution >= 4 is 19.7 Å². The molecule has 0 unspecified atom stereocenters. The summed E-state index contributed by atoms with van der Waals surface area (Å²) < 4.78 is 121. The van der Waals surface area contributed by atoms with Gasteiger partial charge in [-0.25, -0.2) is 21.8 Å². The summed E-state index contributed by atoms with van der Waals surface area (Å²) in [6.07, 6.45) is 0. The van der Waals surface area contributed by atoms with Crippen LogP contribution in [0, 0.1) is 0 Å². The number of hydrogen-bond acceptors (Lipinski definition) is 9. The highest BCUT2D eigenvalue weighted by Crippen LogP contribution is 2.30. The average Bonchev–Trinajstić information content (AvgIpc) is 2.72. The summed E-state index contributed by atoms with van der Waals surface area (Å²) in [6, 6.07) is 7.04. The van der Waals surface area contributed by atoms with Crippen LogP contribution in [0.25, 0.3) is 22.8 Å². The van der Waals surface area contributed by atoms with Crippen LogP contribution in [0.5, 0.6) is 0 Å². The first-order valence-electron chi connectivity index (χ1n) is 7.92. The van der Waals surface area contributed by atoms with Crippen LogP contribution in [0.4, 0.5) is 26.3 Å². The van der Waals surface area contributed by atoms with Gasteiger partial charge in [0.2, 0.25) is 0 Å². The fourth-order valence-electron chi connectivity index (χ4n) is 2.16. The largest absolute Gasteiger partial charge is 0.503 e. The van der Waals surface area contributed by atoms with Crippen LogP contribution in [0.15, 0.2) is 52.5 Å². The van der Waals surface area contributed by atoms with Crippen molar-refractivity contribution in [3.8, 4) is 22.8 Å². The van der Waals surface area contributed by atoms with Gasteiger partial charge in [0.05, 0.1) is 11.4 Å². The van der Waals surface area contributed by atoms with Gasteiger partial charge < -0.3 is 0 Å². The minimum Gasteiger partial charge on any atom is -0.244 e. The van der Waals surface area contributed by atoms with E-state index in [1.54, 1.807) is 0 Å². The lowest BCUT2D eigenvalue weighted by Gasteiger charge is -2.08. The number of pyridine rings is 1. The first-order valence-corrected chi connectivity index (χ1v) is 10.9. The van der Waals surface area contributed by atoms with Crippen LogP contribution < -0.4 is 0 Å². The second-order valence-electron chi connectivity index (χ2n) is 5.82. The minimum atomic E-state index is -5.69. The first kappa shape index (κ1) is 23.5. The second kappa shape index (κ2) is 7.73. The number of hydrogen-bond donors (Lipinski definition) is 0. The Labute approximate surface area is 175 Å². The number of rotatable bonds is 4. The molecule has 0 aliphatic carbocycles. The van der Waals surface area contributed by atoms with Crippen molar-refractivity contribution in [1.82, 2.24) is 25.4 Å². The molecule has 0 aliphatic heterocycles. The van der Waals surface area contributed by atoms with E-state index in [0.717, 1.165) is 12.1 Å². The minimum absolute atomic E-state index is 0.000235. The Hall–Kier alpha value is -3.21. The quantitative estimate of drug-likeness (QED) is 0.497. The van der Waals surface area contributed by atoms with Gasteiger partial charge in [-0.1, -0.05) is 6.07 Å². The molecule has 0 radical (unpaired) electrons. The monoisotopic (exact) mass is 499 g/mol. The van der Waals surface area contributed by atoms with Crippen molar-refractivity contribution in [1.29, 1.82) is 0 Å². The van der Waals surface area contributed by atoms with E-state index >= 15 is 0 Å². The molecule has 0 aliphatic rings. The third-order valence-electron chi connectivity index (χ3n) is 3.71. The third-order valence-corrected chi connectivity index (χ3v) is 6.47. The Bertz CT molecular complexity index is 1250. The molecule has 0 spiro atoms. The molecular formula is C15H7F6N5O4S2. The van der Waals surface area contributed by atoms with Gasteiger partial charge in [0.25, 0.3) is 19.7 Å². The molecule has 32 heavy (non-hydrogen) atoms. The van der Waals surface area contributed by atoms with Crippen LogP contribution in [0.1, 0.15) is 0 Å². The number of halogens is 6. The topological polar surface area (TPSA) is 133 Å². The van der Waals surface area contributed by atoms with Crippen LogP contribution >= 0.6 is 0 Å². The predicted octanol–water partition coefficient (Wildman–Crippen LogP) is 2.58. The summed E-state index contributed by atoms with van der Waals surface area (Å²) in [5.41, 5.74) is -11.4. The van der Waals surface area contributed by atoms with Crippen LogP contribution in [-0.2, 0) is 19.7 Å². The normalized spacial score (nSPS) is 13.2. The highest BCUT2D eigenvalue weighted by atomic mass is 32.2. The number of aromatic nitrogens is 5. The zero-order valence-electron chi connectivity index (χ0n) is 15.0. The fraction of sp³-hybridized carbons (Fsp3) is 0.133. The van der Waals surface area contributed by atoms with E-state index in [4.69, 9.17) is 0 Å². The molecule has 3 rings (SSSR count). The zero-order chi connectivity index (χ0) is 23.9. The van der Waals surface area contributed by atoms with Crippen molar-refractivity contribution < 1.29 is 43.2 Å². The molecule has 3 heterocycles. The Kier molecular flexibility index (Phi) is 5.67. The second-order valence-corrected chi connectivity index (χ2v) is 9.60. The standard InChI is InChI=1S/C15H7F6N5O4S2/c16-14(17,18)31(27,28)12-6-4-10(23-25-12)8-2-1-3-9(22-8)11-5-7-13(26-24-11)32(29,30)15(19,20)21/h1-7H. The first-order chi connectivity index (χ1) is 14.6. The lowest BCUT2D eigenvalue weighted by Crippen LogP contribution is -2.24. The number of nitrogens with zero attached hydrogens (tertiary/aromatic N) is 5. The SMILES string of the molecule is O=S(=O)(c1ccc(-c2cccc(-c3ccc(S(=O)(=O)C(F)(F)F)nn3)n2)nn1)C(F)(F)F. The van der Waals surface area contributed by atoms with E-state index in [2.05, 4.69) is 25.4 Å². The summed E-state index contributed by atoms with van der Waals surface area (Å²) >= 11 is 0. The zero-order valence-corrected chi connectivity index (χ0v) is 16.6. The fourth-order valence-corrected chi connectivity index (χ4v) is 3.42. The van der Waals surface area contributed by atoms with Gasteiger partial charge >= 0.3 is 11.0 Å². The molecule has 0 amide bonds. The van der Waals surface area contributed by atoms with Gasteiger partial charge in [-0.05, 0) is 36.4 Å². The smallest absolute Gasteiger partial charge is 0.244 e. The van der Waals surface area contributed by atoms with Crippen LogP contribution in [0.3, 0.4) is 0 Å². The Morgan fingerprint density at radius 3 is 1.19 bits per heavy atom. The number of alkyl halides is 6. The van der Waals surface area contributed by atoms with Crippen molar-refractivity contribution in [2.75, 3.05) is 0 Å². The predicted molar refractivity (Wildman–Crippen MR) is 92.8 cm³/mol. The number of sulfone groups is 2. The highest BCUT2D eigenvalue weighted by Gasteiger charge is 2.49. The molecule has 0 atom stereocenters. The van der Waals surface area contributed by atoms with E-state index in [9.17, 15) is 43.2 Å². The van der Waals surface area contributed by atoms with Crippen molar-refractivity contribution in [3.05, 3.63) is 42.5 Å². The van der Waals surface area contributed by atoms with Gasteiger partial charge in [0.1, 0.15) is 11.4 Å². The summed E-state index contributed by atoms with van der Waals surface area (Å²) in [5.74, 6) is 0. The Balaban J connectivity index is 1.93. The van der Waals surface area contributed by atoms with Gasteiger partial charge in [-0.2, -0.15) is 26.3 Å². The molecule has 17 heteroatoms. The van der Waals surface area contributed by atoms with Crippen LogP contribution in [0.2, 0.25) is 0 Å². The van der Waals surface area contributed by atoms with Crippen molar-refractivity contribution in [3.63, 3.8) is 0 Å². The molecule has 0 bridgehead atoms. The summed E-state index contributed by atoms with van der Waals surface area (Å²) in [4.78, 5) is 4.05. The maximum absolute atomic E-state index is 12.6. The molecule has 3 aromatic heterocycles. The molecule has 9 nitrogen and oxygen atoms in total. The maximum atomic E-state index is 12.6. The van der Waals surface area contributed by atoms with E-state index in [-0.39, 0.29) is 22.8 Å². The van der Waals surface area contributed by atoms with Crippen LogP contribution in [-0.4, -0.2) is 53.2 Å². The molecular weight excluding hydrogens is 492 g/mol. The highest BCUT2D eigenvalue weighted by molar-refractivity contribution is 7.92. The third kappa shape index (κ3) is 4.24. The van der Waals surface area contributed by atoms with Crippen molar-refractivity contribution in [2.24, 2.45) is 0 Å². The maximum Gasteiger partial charge on any atom is 0.503 e. The molecule has 0 N–H and O–H groups in total. The van der Waals surface area contributed by atoms with Gasteiger partial charge in [0, 0.05) is 0 Å². The molecule has 0 saturated carbocycles. The lowest BCUT2D eigenvalue weighted by molar-refractivity contribution is -0.0444. The van der Waals surface area contributed by atoms with Gasteiger partial charge in [-0.15, -0.1) is 20.4 Å². The lowest BCUT2D eigenvalue weighted by atomic mass is 10.2. The molecule has 0 saturated heterocycles. The summed E-state index contributed by atoms with van der Waals surface area (Å²) in [6.45, 7) is 0. The van der Waals surface area contributed by atoms with E-state index < -0.39 is 40.7 Å². The Morgan fingerprint density at radius 2 is 0.906 bits per heavy atom.